The van der Waals surface area contributed by atoms with Crippen molar-refractivity contribution in [2.45, 2.75) is 0 Å². The van der Waals surface area contributed by atoms with Crippen molar-refractivity contribution in [3.8, 4) is 39.3 Å². The third kappa shape index (κ3) is 3.78. The van der Waals surface area contributed by atoms with Crippen LogP contribution in [0.5, 0.6) is 0 Å². The molecule has 3 heteroatoms. The van der Waals surface area contributed by atoms with Crippen molar-refractivity contribution in [3.63, 3.8) is 0 Å². The van der Waals surface area contributed by atoms with E-state index in [1.807, 2.05) is 66.7 Å². The van der Waals surface area contributed by atoms with Gasteiger partial charge >= 0.3 is 0 Å². The van der Waals surface area contributed by atoms with Gasteiger partial charge in [-0.25, -0.2) is 9.37 Å². The predicted molar refractivity (Wildman–Crippen MR) is 140 cm³/mol. The Balaban J connectivity index is 1.62. The molecule has 4 aromatic carbocycles. The number of hydrogen-bond acceptors (Lipinski definition) is 1. The molecular weight excluding hydrogens is 419 g/mol. The minimum atomic E-state index is -0.231. The molecule has 0 atom stereocenters. The highest BCUT2D eigenvalue weighted by Gasteiger charge is 2.17. The third-order valence-electron chi connectivity index (χ3n) is 5.89. The van der Waals surface area contributed by atoms with E-state index in [9.17, 15) is 4.39 Å². The summed E-state index contributed by atoms with van der Waals surface area (Å²) in [6.07, 6.45) is 3.55. The van der Waals surface area contributed by atoms with Gasteiger partial charge in [-0.3, -0.25) is 4.57 Å². The third-order valence-corrected chi connectivity index (χ3v) is 5.89. The number of benzene rings is 4. The summed E-state index contributed by atoms with van der Waals surface area (Å²) in [7, 11) is 0. The van der Waals surface area contributed by atoms with Crippen molar-refractivity contribution in [2.24, 2.45) is 0 Å². The van der Waals surface area contributed by atoms with E-state index in [2.05, 4.69) is 42.0 Å². The lowest BCUT2D eigenvalue weighted by Crippen LogP contribution is -1.99. The minimum absolute atomic E-state index is 0.231. The van der Waals surface area contributed by atoms with Crippen molar-refractivity contribution < 1.29 is 4.39 Å². The average molecular weight is 443 g/mol. The Morgan fingerprint density at radius 3 is 1.85 bits per heavy atom. The number of imidazole rings is 1. The lowest BCUT2D eigenvalue weighted by Gasteiger charge is -2.13. The van der Waals surface area contributed by atoms with Gasteiger partial charge in [-0.2, -0.15) is 0 Å². The molecule has 2 nitrogen and oxygen atoms in total. The SMILES string of the molecule is C=Cc1nc(-c2ccc(-c3ccccc3-c3ccccc3F)cc2)n(-c2ccccc2)c1C=C. The zero-order chi connectivity index (χ0) is 23.5. The summed E-state index contributed by atoms with van der Waals surface area (Å²) >= 11 is 0. The van der Waals surface area contributed by atoms with Crippen LogP contribution in [0.15, 0.2) is 116 Å². The fourth-order valence-electron chi connectivity index (χ4n) is 4.28. The molecular formula is C31H23FN2. The van der Waals surface area contributed by atoms with Crippen LogP contribution in [0.25, 0.3) is 51.5 Å². The van der Waals surface area contributed by atoms with Crippen LogP contribution >= 0.6 is 0 Å². The number of halogens is 1. The molecule has 1 aromatic heterocycles. The summed E-state index contributed by atoms with van der Waals surface area (Å²) in [5, 5.41) is 0. The second kappa shape index (κ2) is 9.16. The van der Waals surface area contributed by atoms with Crippen LogP contribution < -0.4 is 0 Å². The van der Waals surface area contributed by atoms with Crippen LogP contribution in [-0.2, 0) is 0 Å². The molecule has 0 N–H and O–H groups in total. The monoisotopic (exact) mass is 442 g/mol. The average Bonchev–Trinajstić information content (AvgIpc) is 3.28. The molecule has 0 radical (unpaired) electrons. The number of rotatable bonds is 6. The maximum Gasteiger partial charge on any atom is 0.145 e. The van der Waals surface area contributed by atoms with Gasteiger partial charge in [0.2, 0.25) is 0 Å². The first-order valence-electron chi connectivity index (χ1n) is 11.1. The first kappa shape index (κ1) is 21.4. The molecule has 34 heavy (non-hydrogen) atoms. The Hall–Kier alpha value is -4.50. The Kier molecular flexibility index (Phi) is 5.75. The van der Waals surface area contributed by atoms with Gasteiger partial charge in [-0.1, -0.05) is 98.1 Å². The molecule has 0 aliphatic carbocycles. The zero-order valence-electron chi connectivity index (χ0n) is 18.7. The van der Waals surface area contributed by atoms with Crippen molar-refractivity contribution in [2.75, 3.05) is 0 Å². The topological polar surface area (TPSA) is 17.8 Å². The van der Waals surface area contributed by atoms with Gasteiger partial charge < -0.3 is 0 Å². The molecule has 0 amide bonds. The smallest absolute Gasteiger partial charge is 0.145 e. The van der Waals surface area contributed by atoms with Crippen LogP contribution in [0.2, 0.25) is 0 Å². The first-order chi connectivity index (χ1) is 16.7. The van der Waals surface area contributed by atoms with Crippen LogP contribution in [0, 0.1) is 5.82 Å². The zero-order valence-corrected chi connectivity index (χ0v) is 18.7. The van der Waals surface area contributed by atoms with Crippen LogP contribution in [0.4, 0.5) is 4.39 Å². The van der Waals surface area contributed by atoms with Crippen molar-refractivity contribution >= 4 is 12.2 Å². The molecule has 1 heterocycles. The van der Waals surface area contributed by atoms with Crippen molar-refractivity contribution in [1.82, 2.24) is 9.55 Å². The maximum absolute atomic E-state index is 14.5. The summed E-state index contributed by atoms with van der Waals surface area (Å²) in [6.45, 7) is 7.92. The van der Waals surface area contributed by atoms with Gasteiger partial charge in [0, 0.05) is 16.8 Å². The normalized spacial score (nSPS) is 10.7. The Bertz CT molecular complexity index is 1480. The summed E-state index contributed by atoms with van der Waals surface area (Å²) < 4.78 is 16.6. The van der Waals surface area contributed by atoms with Crippen LogP contribution in [-0.4, -0.2) is 9.55 Å². The van der Waals surface area contributed by atoms with E-state index >= 15 is 0 Å². The number of para-hydroxylation sites is 1. The molecule has 5 rings (SSSR count). The molecule has 0 saturated heterocycles. The highest BCUT2D eigenvalue weighted by atomic mass is 19.1. The molecule has 5 aromatic rings. The summed E-state index contributed by atoms with van der Waals surface area (Å²) in [4.78, 5) is 4.85. The number of hydrogen-bond donors (Lipinski definition) is 0. The van der Waals surface area contributed by atoms with Gasteiger partial charge in [0.1, 0.15) is 11.6 Å². The Morgan fingerprint density at radius 2 is 1.21 bits per heavy atom. The molecule has 0 unspecified atom stereocenters. The molecule has 0 saturated carbocycles. The van der Waals surface area contributed by atoms with E-state index < -0.39 is 0 Å². The van der Waals surface area contributed by atoms with E-state index in [1.54, 1.807) is 18.2 Å². The largest absolute Gasteiger partial charge is 0.292 e. The van der Waals surface area contributed by atoms with Gasteiger partial charge in [-0.05, 0) is 47.0 Å². The standard InChI is InChI=1S/C31H23FN2/c1-3-29-30(4-2)34(24-12-6-5-7-13-24)31(33-29)23-20-18-22(19-21-23)25-14-8-9-15-26(25)27-16-10-11-17-28(27)32/h3-21H,1-2H2. The molecule has 0 aliphatic rings. The van der Waals surface area contributed by atoms with Gasteiger partial charge in [0.05, 0.1) is 11.4 Å². The number of aromatic nitrogens is 2. The first-order valence-corrected chi connectivity index (χ1v) is 11.1. The summed E-state index contributed by atoms with van der Waals surface area (Å²) in [6, 6.07) is 33.1. The van der Waals surface area contributed by atoms with Crippen molar-refractivity contribution in [3.05, 3.63) is 133 Å². The Labute approximate surface area is 199 Å². The van der Waals surface area contributed by atoms with E-state index in [1.165, 1.54) is 6.07 Å². The lowest BCUT2D eigenvalue weighted by molar-refractivity contribution is 0.631. The predicted octanol–water partition coefficient (Wildman–Crippen LogP) is 8.30. The number of nitrogens with zero attached hydrogens (tertiary/aromatic N) is 2. The minimum Gasteiger partial charge on any atom is -0.292 e. The van der Waals surface area contributed by atoms with Gasteiger partial charge in [-0.15, -0.1) is 0 Å². The highest BCUT2D eigenvalue weighted by molar-refractivity contribution is 5.84. The highest BCUT2D eigenvalue weighted by Crippen LogP contribution is 2.35. The van der Waals surface area contributed by atoms with E-state index in [4.69, 9.17) is 4.98 Å². The van der Waals surface area contributed by atoms with Crippen LogP contribution in [0.1, 0.15) is 11.4 Å². The van der Waals surface area contributed by atoms with Crippen LogP contribution in [0.3, 0.4) is 0 Å². The Morgan fingerprint density at radius 1 is 0.618 bits per heavy atom. The van der Waals surface area contributed by atoms with Gasteiger partial charge in [0.15, 0.2) is 0 Å². The van der Waals surface area contributed by atoms with E-state index in [-0.39, 0.29) is 5.82 Å². The molecule has 164 valence electrons. The molecule has 0 spiro atoms. The molecule has 0 bridgehead atoms. The fraction of sp³-hybridized carbons (Fsp3) is 0. The molecule has 0 fully saturated rings. The maximum atomic E-state index is 14.5. The van der Waals surface area contributed by atoms with Gasteiger partial charge in [0.25, 0.3) is 0 Å². The van der Waals surface area contributed by atoms with E-state index in [0.717, 1.165) is 45.2 Å². The molecule has 0 aliphatic heterocycles. The van der Waals surface area contributed by atoms with Crippen molar-refractivity contribution in [1.29, 1.82) is 0 Å². The second-order valence-corrected chi connectivity index (χ2v) is 7.89. The quantitative estimate of drug-likeness (QED) is 0.259. The van der Waals surface area contributed by atoms with E-state index in [0.29, 0.717) is 5.56 Å². The second-order valence-electron chi connectivity index (χ2n) is 7.89. The fourth-order valence-corrected chi connectivity index (χ4v) is 4.28. The lowest BCUT2D eigenvalue weighted by atomic mass is 9.94. The summed E-state index contributed by atoms with van der Waals surface area (Å²) in [5.41, 5.74) is 7.08. The summed E-state index contributed by atoms with van der Waals surface area (Å²) in [5.74, 6) is 0.579.